The van der Waals surface area contributed by atoms with Crippen LogP contribution in [-0.2, 0) is 4.79 Å². The van der Waals surface area contributed by atoms with Crippen LogP contribution in [0.4, 0.5) is 5.82 Å². The highest BCUT2D eigenvalue weighted by Gasteiger charge is 2.25. The van der Waals surface area contributed by atoms with Crippen molar-refractivity contribution < 1.29 is 14.1 Å². The summed E-state index contributed by atoms with van der Waals surface area (Å²) in [5.41, 5.74) is 0.673. The molecule has 3 rings (SSSR count). The Morgan fingerprint density at radius 1 is 1.40 bits per heavy atom. The van der Waals surface area contributed by atoms with Gasteiger partial charge in [-0.3, -0.25) is 19.5 Å². The normalized spacial score (nSPS) is 17.4. The molecule has 3 heterocycles. The van der Waals surface area contributed by atoms with E-state index in [1.54, 1.807) is 19.2 Å². The predicted octanol–water partition coefficient (Wildman–Crippen LogP) is 0.463. The van der Waals surface area contributed by atoms with Crippen LogP contribution in [0, 0.1) is 12.8 Å². The van der Waals surface area contributed by atoms with Crippen molar-refractivity contribution in [3.8, 4) is 0 Å². The number of carbonyl (C=O) groups excluding carboxylic acids is 2. The zero-order chi connectivity index (χ0) is 17.6. The fourth-order valence-electron chi connectivity index (χ4n) is 2.77. The first-order valence-corrected chi connectivity index (χ1v) is 8.10. The van der Waals surface area contributed by atoms with Gasteiger partial charge in [0, 0.05) is 31.5 Å². The molecule has 9 nitrogen and oxygen atoms in total. The Hall–Kier alpha value is -2.81. The largest absolute Gasteiger partial charge is 0.351 e. The van der Waals surface area contributed by atoms with Crippen molar-refractivity contribution in [2.75, 3.05) is 31.5 Å². The van der Waals surface area contributed by atoms with E-state index in [9.17, 15) is 9.59 Å². The topological polar surface area (TPSA) is 113 Å². The van der Waals surface area contributed by atoms with Gasteiger partial charge in [0.25, 0.3) is 5.91 Å². The minimum atomic E-state index is -0.264. The number of aromatic nitrogens is 3. The molecule has 1 unspecified atom stereocenters. The Morgan fingerprint density at radius 3 is 3.00 bits per heavy atom. The fraction of sp³-hybridized carbons (Fsp3) is 0.438. The van der Waals surface area contributed by atoms with E-state index in [2.05, 4.69) is 30.7 Å². The summed E-state index contributed by atoms with van der Waals surface area (Å²) in [4.78, 5) is 33.9. The van der Waals surface area contributed by atoms with Crippen LogP contribution in [0.25, 0.3) is 0 Å². The first-order valence-electron chi connectivity index (χ1n) is 8.10. The van der Waals surface area contributed by atoms with Crippen molar-refractivity contribution in [3.05, 3.63) is 36.1 Å². The Labute approximate surface area is 144 Å². The smallest absolute Gasteiger partial charge is 0.289 e. The number of anilines is 1. The number of amides is 2. The first-order chi connectivity index (χ1) is 12.1. The molecule has 2 amide bonds. The molecule has 1 aliphatic heterocycles. The molecular weight excluding hydrogens is 324 g/mol. The lowest BCUT2D eigenvalue weighted by atomic mass is 10.1. The van der Waals surface area contributed by atoms with E-state index >= 15 is 0 Å². The third-order valence-electron chi connectivity index (χ3n) is 3.97. The molecule has 0 radical (unpaired) electrons. The summed E-state index contributed by atoms with van der Waals surface area (Å²) in [6, 6.07) is 1.60. The molecule has 1 atom stereocenters. The number of aryl methyl sites for hydroxylation is 1. The second kappa shape index (κ2) is 7.84. The summed E-state index contributed by atoms with van der Waals surface area (Å²) < 4.78 is 4.94. The maximum absolute atomic E-state index is 12.0. The Balaban J connectivity index is 1.39. The molecule has 132 valence electrons. The molecule has 0 aromatic carbocycles. The van der Waals surface area contributed by atoms with Crippen molar-refractivity contribution >= 4 is 17.6 Å². The summed E-state index contributed by atoms with van der Waals surface area (Å²) in [6.07, 6.45) is 5.51. The van der Waals surface area contributed by atoms with E-state index in [0.717, 1.165) is 19.5 Å². The standard InChI is InChI=1S/C16H20N6O3/c1-11-6-13(25-21-11)16(24)19-7-12-2-5-22(9-12)10-15(23)20-14-8-17-3-4-18-14/h3-4,6,8,12H,2,5,7,9-10H2,1H3,(H,19,24)(H,18,20,23). The molecule has 0 bridgehead atoms. The van der Waals surface area contributed by atoms with Gasteiger partial charge in [-0.25, -0.2) is 4.98 Å². The number of nitrogens with zero attached hydrogens (tertiary/aromatic N) is 4. The molecule has 2 N–H and O–H groups in total. The fourth-order valence-corrected chi connectivity index (χ4v) is 2.77. The number of likely N-dealkylation sites (tertiary alicyclic amines) is 1. The molecule has 1 aliphatic rings. The highest BCUT2D eigenvalue weighted by molar-refractivity contribution is 5.91. The van der Waals surface area contributed by atoms with Gasteiger partial charge in [0.1, 0.15) is 0 Å². The number of hydrogen-bond donors (Lipinski definition) is 2. The summed E-state index contributed by atoms with van der Waals surface area (Å²) in [7, 11) is 0. The SMILES string of the molecule is Cc1cc(C(=O)NCC2CCN(CC(=O)Nc3cnccn3)C2)on1. The van der Waals surface area contributed by atoms with Crippen molar-refractivity contribution in [3.63, 3.8) is 0 Å². The lowest BCUT2D eigenvalue weighted by Gasteiger charge is -2.15. The van der Waals surface area contributed by atoms with Crippen molar-refractivity contribution in [1.29, 1.82) is 0 Å². The van der Waals surface area contributed by atoms with Gasteiger partial charge >= 0.3 is 0 Å². The van der Waals surface area contributed by atoms with Crippen molar-refractivity contribution in [2.45, 2.75) is 13.3 Å². The molecule has 2 aromatic rings. The van der Waals surface area contributed by atoms with Crippen LogP contribution in [0.3, 0.4) is 0 Å². The van der Waals surface area contributed by atoms with Gasteiger partial charge in [-0.15, -0.1) is 0 Å². The molecule has 9 heteroatoms. The molecule has 2 aromatic heterocycles. The van der Waals surface area contributed by atoms with E-state index in [1.807, 2.05) is 0 Å². The molecule has 1 fully saturated rings. The van der Waals surface area contributed by atoms with Crippen LogP contribution in [-0.4, -0.2) is 58.0 Å². The third kappa shape index (κ3) is 4.83. The minimum absolute atomic E-state index is 0.123. The second-order valence-corrected chi connectivity index (χ2v) is 6.07. The molecule has 1 saturated heterocycles. The van der Waals surface area contributed by atoms with Crippen LogP contribution in [0.15, 0.2) is 29.2 Å². The van der Waals surface area contributed by atoms with Crippen molar-refractivity contribution in [1.82, 2.24) is 25.3 Å². The van der Waals surface area contributed by atoms with Crippen LogP contribution in [0.1, 0.15) is 22.7 Å². The van der Waals surface area contributed by atoms with Gasteiger partial charge in [-0.1, -0.05) is 5.16 Å². The average molecular weight is 344 g/mol. The molecule has 25 heavy (non-hydrogen) atoms. The number of rotatable bonds is 6. The van der Waals surface area contributed by atoms with Gasteiger partial charge in [-0.2, -0.15) is 0 Å². The van der Waals surface area contributed by atoms with E-state index in [0.29, 0.717) is 30.5 Å². The second-order valence-electron chi connectivity index (χ2n) is 6.07. The Morgan fingerprint density at radius 2 is 2.28 bits per heavy atom. The lowest BCUT2D eigenvalue weighted by Crippen LogP contribution is -2.34. The van der Waals surface area contributed by atoms with Gasteiger partial charge in [0.15, 0.2) is 5.82 Å². The lowest BCUT2D eigenvalue weighted by molar-refractivity contribution is -0.117. The summed E-state index contributed by atoms with van der Waals surface area (Å²) in [5.74, 6) is 0.576. The third-order valence-corrected chi connectivity index (χ3v) is 3.97. The van der Waals surface area contributed by atoms with Crippen molar-refractivity contribution in [2.24, 2.45) is 5.92 Å². The van der Waals surface area contributed by atoms with Gasteiger partial charge in [0.2, 0.25) is 11.7 Å². The monoisotopic (exact) mass is 344 g/mol. The summed E-state index contributed by atoms with van der Waals surface area (Å²) >= 11 is 0. The van der Waals surface area contributed by atoms with Gasteiger partial charge < -0.3 is 15.2 Å². The highest BCUT2D eigenvalue weighted by Crippen LogP contribution is 2.15. The Kier molecular flexibility index (Phi) is 5.34. The Bertz CT molecular complexity index is 732. The number of nitrogens with one attached hydrogen (secondary N) is 2. The van der Waals surface area contributed by atoms with E-state index in [1.165, 1.54) is 12.4 Å². The average Bonchev–Trinajstić information content (AvgIpc) is 3.22. The zero-order valence-corrected chi connectivity index (χ0v) is 13.9. The highest BCUT2D eigenvalue weighted by atomic mass is 16.5. The van der Waals surface area contributed by atoms with Gasteiger partial charge in [0.05, 0.1) is 18.4 Å². The van der Waals surface area contributed by atoms with Crippen LogP contribution < -0.4 is 10.6 Å². The summed E-state index contributed by atoms with van der Waals surface area (Å²) in [5, 5.41) is 9.26. The van der Waals surface area contributed by atoms with Crippen LogP contribution in [0.2, 0.25) is 0 Å². The van der Waals surface area contributed by atoms with Gasteiger partial charge in [-0.05, 0) is 25.8 Å². The van der Waals surface area contributed by atoms with E-state index in [-0.39, 0.29) is 17.6 Å². The zero-order valence-electron chi connectivity index (χ0n) is 13.9. The quantitative estimate of drug-likeness (QED) is 0.783. The maximum Gasteiger partial charge on any atom is 0.289 e. The number of hydrogen-bond acceptors (Lipinski definition) is 7. The molecular formula is C16H20N6O3. The van der Waals surface area contributed by atoms with E-state index in [4.69, 9.17) is 4.52 Å². The molecule has 0 aliphatic carbocycles. The molecule has 0 spiro atoms. The molecule has 0 saturated carbocycles. The van der Waals surface area contributed by atoms with Crippen LogP contribution >= 0.6 is 0 Å². The predicted molar refractivity (Wildman–Crippen MR) is 88.8 cm³/mol. The number of carbonyl (C=O) groups is 2. The first kappa shape index (κ1) is 17.0. The summed E-state index contributed by atoms with van der Waals surface area (Å²) in [6.45, 7) is 4.17. The maximum atomic E-state index is 12.0. The minimum Gasteiger partial charge on any atom is -0.351 e. The van der Waals surface area contributed by atoms with Crippen LogP contribution in [0.5, 0.6) is 0 Å². The van der Waals surface area contributed by atoms with E-state index < -0.39 is 0 Å².